The van der Waals surface area contributed by atoms with Gasteiger partial charge in [0.05, 0.1) is 10.5 Å². The first-order valence-electron chi connectivity index (χ1n) is 8.21. The van der Waals surface area contributed by atoms with Crippen LogP contribution < -0.4 is 5.32 Å². The van der Waals surface area contributed by atoms with Crippen molar-refractivity contribution < 1.29 is 4.42 Å². The molecule has 1 saturated carbocycles. The molecule has 2 aromatic rings. The number of halogens is 1. The first kappa shape index (κ1) is 15.1. The summed E-state index contributed by atoms with van der Waals surface area (Å²) in [6.45, 7) is 3.28. The first-order chi connectivity index (χ1) is 10.3. The molecule has 114 valence electrons. The van der Waals surface area contributed by atoms with E-state index in [1.807, 2.05) is 6.07 Å². The van der Waals surface area contributed by atoms with Crippen LogP contribution in [-0.4, -0.2) is 6.54 Å². The molecule has 0 radical (unpaired) electrons. The number of furan rings is 1. The van der Waals surface area contributed by atoms with Crippen molar-refractivity contribution >= 4 is 26.9 Å². The number of hydrogen-bond donors (Lipinski definition) is 1. The van der Waals surface area contributed by atoms with Crippen molar-refractivity contribution in [2.75, 3.05) is 6.54 Å². The van der Waals surface area contributed by atoms with E-state index in [1.165, 1.54) is 37.5 Å². The zero-order chi connectivity index (χ0) is 14.7. The number of fused-ring (bicyclic) bond motifs is 1. The fourth-order valence-electron chi connectivity index (χ4n) is 3.47. The van der Waals surface area contributed by atoms with Crippen LogP contribution in [0.25, 0.3) is 11.0 Å². The molecule has 1 fully saturated rings. The quantitative estimate of drug-likeness (QED) is 0.735. The van der Waals surface area contributed by atoms with Gasteiger partial charge in [-0.25, -0.2) is 0 Å². The number of benzene rings is 1. The molecule has 2 nitrogen and oxygen atoms in total. The summed E-state index contributed by atoms with van der Waals surface area (Å²) in [5.41, 5.74) is 0.978. The fraction of sp³-hybridized carbons (Fsp3) is 0.556. The molecular formula is C18H24BrNO. The van der Waals surface area contributed by atoms with Crippen molar-refractivity contribution in [3.8, 4) is 0 Å². The molecule has 1 heterocycles. The monoisotopic (exact) mass is 349 g/mol. The summed E-state index contributed by atoms with van der Waals surface area (Å²) in [5, 5.41) is 4.92. The maximum Gasteiger partial charge on any atom is 0.148 e. The predicted molar refractivity (Wildman–Crippen MR) is 91.5 cm³/mol. The Hall–Kier alpha value is -0.800. The molecule has 3 heteroatoms. The van der Waals surface area contributed by atoms with E-state index in [1.54, 1.807) is 0 Å². The predicted octanol–water partition coefficient (Wildman–Crippen LogP) is 5.82. The Kier molecular flexibility index (Phi) is 5.02. The minimum absolute atomic E-state index is 0.365. The summed E-state index contributed by atoms with van der Waals surface area (Å²) in [6, 6.07) is 8.84. The van der Waals surface area contributed by atoms with Gasteiger partial charge in [0.25, 0.3) is 0 Å². The minimum atomic E-state index is 0.365. The zero-order valence-corrected chi connectivity index (χ0v) is 14.3. The lowest BCUT2D eigenvalue weighted by Gasteiger charge is -2.29. The average Bonchev–Trinajstić information content (AvgIpc) is 2.94. The van der Waals surface area contributed by atoms with E-state index in [0.29, 0.717) is 12.0 Å². The molecule has 3 rings (SSSR count). The van der Waals surface area contributed by atoms with Crippen molar-refractivity contribution in [1.29, 1.82) is 0 Å². The summed E-state index contributed by atoms with van der Waals surface area (Å²) < 4.78 is 7.25. The average molecular weight is 350 g/mol. The Morgan fingerprint density at radius 3 is 2.81 bits per heavy atom. The van der Waals surface area contributed by atoms with E-state index in [-0.39, 0.29) is 0 Å². The maximum absolute atomic E-state index is 6.20. The van der Waals surface area contributed by atoms with Gasteiger partial charge in [-0.05, 0) is 59.8 Å². The van der Waals surface area contributed by atoms with Crippen LogP contribution in [0.2, 0.25) is 0 Å². The maximum atomic E-state index is 6.20. The Morgan fingerprint density at radius 2 is 2.10 bits per heavy atom. The van der Waals surface area contributed by atoms with Crippen LogP contribution in [0.1, 0.15) is 57.3 Å². The summed E-state index contributed by atoms with van der Waals surface area (Å²) in [6.07, 6.45) is 7.91. The van der Waals surface area contributed by atoms with E-state index in [4.69, 9.17) is 4.42 Å². The molecule has 1 atom stereocenters. The lowest BCUT2D eigenvalue weighted by Crippen LogP contribution is -2.30. The Balaban J connectivity index is 1.90. The SMILES string of the molecule is CCCNC(c1cc2cccc(Br)c2o1)C1CCCCC1. The fourth-order valence-corrected chi connectivity index (χ4v) is 3.93. The third-order valence-corrected chi connectivity index (χ3v) is 5.18. The van der Waals surface area contributed by atoms with Gasteiger partial charge in [0.15, 0.2) is 0 Å². The Labute approximate surface area is 135 Å². The second-order valence-electron chi connectivity index (χ2n) is 6.14. The van der Waals surface area contributed by atoms with Crippen molar-refractivity contribution in [2.24, 2.45) is 5.92 Å². The Morgan fingerprint density at radius 1 is 1.29 bits per heavy atom. The third kappa shape index (κ3) is 3.35. The van der Waals surface area contributed by atoms with E-state index in [9.17, 15) is 0 Å². The molecule has 1 N–H and O–H groups in total. The van der Waals surface area contributed by atoms with Crippen molar-refractivity contribution in [2.45, 2.75) is 51.5 Å². The van der Waals surface area contributed by atoms with Gasteiger partial charge >= 0.3 is 0 Å². The van der Waals surface area contributed by atoms with E-state index < -0.39 is 0 Å². The van der Waals surface area contributed by atoms with Crippen LogP contribution in [0.4, 0.5) is 0 Å². The lowest BCUT2D eigenvalue weighted by molar-refractivity contribution is 0.247. The van der Waals surface area contributed by atoms with Gasteiger partial charge in [-0.1, -0.05) is 38.3 Å². The van der Waals surface area contributed by atoms with Crippen molar-refractivity contribution in [1.82, 2.24) is 5.32 Å². The van der Waals surface area contributed by atoms with Gasteiger partial charge in [-0.2, -0.15) is 0 Å². The molecule has 0 spiro atoms. The molecular weight excluding hydrogens is 326 g/mol. The summed E-state index contributed by atoms with van der Waals surface area (Å²) in [5.74, 6) is 1.82. The van der Waals surface area contributed by atoms with Gasteiger partial charge in [0, 0.05) is 5.39 Å². The molecule has 1 aliphatic rings. The molecule has 0 aliphatic heterocycles. The topological polar surface area (TPSA) is 25.2 Å². The molecule has 1 unspecified atom stereocenters. The largest absolute Gasteiger partial charge is 0.458 e. The number of rotatable bonds is 5. The molecule has 0 amide bonds. The normalized spacial score (nSPS) is 18.2. The molecule has 0 bridgehead atoms. The van der Waals surface area contributed by atoms with Gasteiger partial charge in [-0.3, -0.25) is 0 Å². The highest BCUT2D eigenvalue weighted by molar-refractivity contribution is 9.10. The second-order valence-corrected chi connectivity index (χ2v) is 6.99. The highest BCUT2D eigenvalue weighted by atomic mass is 79.9. The van der Waals surface area contributed by atoms with Crippen molar-refractivity contribution in [3.63, 3.8) is 0 Å². The Bertz CT molecular complexity index is 586. The minimum Gasteiger partial charge on any atom is -0.458 e. The van der Waals surface area contributed by atoms with Crippen LogP contribution in [0.15, 0.2) is 33.2 Å². The standard InChI is InChI=1S/C18H24BrNO/c1-2-11-20-17(13-7-4-3-5-8-13)16-12-14-9-6-10-15(19)18(14)21-16/h6,9-10,12-13,17,20H,2-5,7-8,11H2,1H3. The van der Waals surface area contributed by atoms with E-state index in [0.717, 1.165) is 28.8 Å². The summed E-state index contributed by atoms with van der Waals surface area (Å²) >= 11 is 3.59. The van der Waals surface area contributed by atoms with E-state index >= 15 is 0 Å². The highest BCUT2D eigenvalue weighted by Crippen LogP contribution is 2.37. The zero-order valence-electron chi connectivity index (χ0n) is 12.7. The lowest BCUT2D eigenvalue weighted by atomic mass is 9.83. The smallest absolute Gasteiger partial charge is 0.148 e. The number of nitrogens with one attached hydrogen (secondary N) is 1. The second kappa shape index (κ2) is 6.97. The van der Waals surface area contributed by atoms with Crippen molar-refractivity contribution in [3.05, 3.63) is 34.5 Å². The third-order valence-electron chi connectivity index (χ3n) is 4.56. The van der Waals surface area contributed by atoms with E-state index in [2.05, 4.69) is 46.4 Å². The molecule has 1 aromatic heterocycles. The van der Waals surface area contributed by atoms with Gasteiger partial charge in [0.1, 0.15) is 11.3 Å². The summed E-state index contributed by atoms with van der Waals surface area (Å²) in [7, 11) is 0. The van der Waals surface area contributed by atoms with Crippen LogP contribution in [0.3, 0.4) is 0 Å². The van der Waals surface area contributed by atoms with Gasteiger partial charge in [-0.15, -0.1) is 0 Å². The number of para-hydroxylation sites is 1. The first-order valence-corrected chi connectivity index (χ1v) is 9.00. The number of hydrogen-bond acceptors (Lipinski definition) is 2. The summed E-state index contributed by atoms with van der Waals surface area (Å²) in [4.78, 5) is 0. The van der Waals surface area contributed by atoms with Gasteiger partial charge < -0.3 is 9.73 Å². The molecule has 21 heavy (non-hydrogen) atoms. The molecule has 0 saturated heterocycles. The van der Waals surface area contributed by atoms with Crippen LogP contribution >= 0.6 is 15.9 Å². The van der Waals surface area contributed by atoms with Crippen LogP contribution in [0, 0.1) is 5.92 Å². The van der Waals surface area contributed by atoms with Gasteiger partial charge in [0.2, 0.25) is 0 Å². The van der Waals surface area contributed by atoms with Crippen LogP contribution in [0.5, 0.6) is 0 Å². The van der Waals surface area contributed by atoms with Crippen LogP contribution in [-0.2, 0) is 0 Å². The molecule has 1 aromatic carbocycles. The highest BCUT2D eigenvalue weighted by Gasteiger charge is 2.27. The molecule has 1 aliphatic carbocycles.